The summed E-state index contributed by atoms with van der Waals surface area (Å²) in [6.07, 6.45) is 0. The summed E-state index contributed by atoms with van der Waals surface area (Å²) >= 11 is 7.35. The molecule has 3 rings (SSSR count). The molecular weight excluding hydrogens is 332 g/mol. The average Bonchev–Trinajstić information content (AvgIpc) is 2.85. The average molecular weight is 343 g/mol. The lowest BCUT2D eigenvalue weighted by atomic mass is 10.2. The van der Waals surface area contributed by atoms with E-state index in [1.165, 1.54) is 28.9 Å². The maximum atomic E-state index is 12.2. The molecule has 0 amide bonds. The minimum Gasteiger partial charge on any atom is -0.396 e. The van der Waals surface area contributed by atoms with Gasteiger partial charge in [0, 0.05) is 18.4 Å². The Bertz CT molecular complexity index is 1010. The van der Waals surface area contributed by atoms with Crippen molar-refractivity contribution in [1.29, 1.82) is 10.5 Å². The van der Waals surface area contributed by atoms with E-state index >= 15 is 0 Å². The quantitative estimate of drug-likeness (QED) is 0.729. The molecule has 5 nitrogen and oxygen atoms in total. The van der Waals surface area contributed by atoms with E-state index in [9.17, 15) is 4.79 Å². The van der Waals surface area contributed by atoms with Gasteiger partial charge < -0.3 is 5.73 Å². The van der Waals surface area contributed by atoms with E-state index in [1.807, 2.05) is 6.07 Å². The first kappa shape index (κ1) is 16.6. The van der Waals surface area contributed by atoms with Gasteiger partial charge in [-0.15, -0.1) is 11.3 Å². The van der Waals surface area contributed by atoms with Crippen molar-refractivity contribution < 1.29 is 0 Å². The summed E-state index contributed by atoms with van der Waals surface area (Å²) in [7, 11) is 0. The number of hydrogen-bond donors (Lipinski definition) is 1. The molecule has 0 saturated carbocycles. The van der Waals surface area contributed by atoms with Crippen molar-refractivity contribution in [3.63, 3.8) is 0 Å². The van der Waals surface area contributed by atoms with Crippen LogP contribution in [0.5, 0.6) is 0 Å². The summed E-state index contributed by atoms with van der Waals surface area (Å²) in [5.41, 5.74) is 6.69. The van der Waals surface area contributed by atoms with Crippen molar-refractivity contribution in [3.8, 4) is 17.8 Å². The van der Waals surface area contributed by atoms with Gasteiger partial charge >= 0.3 is 0 Å². The van der Waals surface area contributed by atoms with Gasteiger partial charge in [0.15, 0.2) is 0 Å². The van der Waals surface area contributed by atoms with Gasteiger partial charge in [0.1, 0.15) is 15.8 Å². The van der Waals surface area contributed by atoms with Crippen LogP contribution in [-0.4, -0.2) is 4.57 Å². The molecule has 0 bridgehead atoms. The Hall–Kier alpha value is -2.80. The van der Waals surface area contributed by atoms with Crippen molar-refractivity contribution >= 4 is 38.8 Å². The molecule has 0 fully saturated rings. The third-order valence-corrected chi connectivity index (χ3v) is 4.41. The Morgan fingerprint density at radius 1 is 1.22 bits per heavy atom. The number of nitriles is 2. The van der Waals surface area contributed by atoms with Crippen LogP contribution in [0.25, 0.3) is 15.9 Å². The van der Waals surface area contributed by atoms with E-state index in [2.05, 4.69) is 0 Å². The SMILES string of the molecule is CC#N.N#Cc1sc2c(ccc(=O)n2-c2ccccc2Cl)c1N. The number of nitrogens with two attached hydrogens (primary N) is 1. The van der Waals surface area contributed by atoms with Gasteiger partial charge in [-0.1, -0.05) is 23.7 Å². The third-order valence-electron chi connectivity index (χ3n) is 2.97. The molecule has 2 N–H and O–H groups in total. The topological polar surface area (TPSA) is 95.6 Å². The highest BCUT2D eigenvalue weighted by Gasteiger charge is 2.15. The minimum absolute atomic E-state index is 0.212. The zero-order valence-electron chi connectivity index (χ0n) is 12.1. The first-order chi connectivity index (χ1) is 11.0. The van der Waals surface area contributed by atoms with Gasteiger partial charge in [0.05, 0.1) is 22.5 Å². The van der Waals surface area contributed by atoms with E-state index in [4.69, 9.17) is 27.9 Å². The third kappa shape index (κ3) is 3.04. The van der Waals surface area contributed by atoms with Gasteiger partial charge in [0.25, 0.3) is 5.56 Å². The maximum absolute atomic E-state index is 12.2. The highest BCUT2D eigenvalue weighted by Crippen LogP contribution is 2.34. The fourth-order valence-electron chi connectivity index (χ4n) is 2.04. The highest BCUT2D eigenvalue weighted by atomic mass is 35.5. The number of hydrogen-bond acceptors (Lipinski definition) is 5. The van der Waals surface area contributed by atoms with Crippen molar-refractivity contribution in [2.24, 2.45) is 0 Å². The molecule has 1 aromatic carbocycles. The fourth-order valence-corrected chi connectivity index (χ4v) is 3.29. The predicted octanol–water partition coefficient (Wildman–Crippen LogP) is 3.69. The normalized spacial score (nSPS) is 9.57. The Balaban J connectivity index is 0.000000595. The molecule has 0 saturated heterocycles. The molecule has 7 heteroatoms. The van der Waals surface area contributed by atoms with Crippen LogP contribution in [0.15, 0.2) is 41.2 Å². The smallest absolute Gasteiger partial charge is 0.256 e. The van der Waals surface area contributed by atoms with E-state index < -0.39 is 0 Å². The molecule has 3 aromatic rings. The number of pyridine rings is 1. The van der Waals surface area contributed by atoms with Crippen molar-refractivity contribution in [2.45, 2.75) is 6.92 Å². The Morgan fingerprint density at radius 2 is 1.87 bits per heavy atom. The summed E-state index contributed by atoms with van der Waals surface area (Å²) in [4.78, 5) is 13.2. The Kier molecular flexibility index (Phi) is 5.02. The molecule has 0 aliphatic heterocycles. The number of aromatic nitrogens is 1. The highest BCUT2D eigenvalue weighted by molar-refractivity contribution is 7.20. The Morgan fingerprint density at radius 3 is 2.48 bits per heavy atom. The van der Waals surface area contributed by atoms with Crippen LogP contribution in [0, 0.1) is 22.7 Å². The first-order valence-corrected chi connectivity index (χ1v) is 7.64. The lowest BCUT2D eigenvalue weighted by Crippen LogP contribution is -2.16. The van der Waals surface area contributed by atoms with Crippen LogP contribution in [0.1, 0.15) is 11.8 Å². The molecule has 2 heterocycles. The summed E-state index contributed by atoms with van der Waals surface area (Å²) in [6, 6.07) is 13.9. The number of anilines is 1. The zero-order valence-corrected chi connectivity index (χ0v) is 13.6. The van der Waals surface area contributed by atoms with Gasteiger partial charge in [-0.3, -0.25) is 9.36 Å². The number of rotatable bonds is 1. The number of nitrogens with zero attached hydrogens (tertiary/aromatic N) is 3. The number of fused-ring (bicyclic) bond motifs is 1. The summed E-state index contributed by atoms with van der Waals surface area (Å²) in [5.74, 6) is 0. The summed E-state index contributed by atoms with van der Waals surface area (Å²) in [6.45, 7) is 1.43. The van der Waals surface area contributed by atoms with E-state index in [-0.39, 0.29) is 5.56 Å². The van der Waals surface area contributed by atoms with E-state index in [1.54, 1.807) is 36.4 Å². The van der Waals surface area contributed by atoms with E-state index in [0.29, 0.717) is 31.5 Å². The maximum Gasteiger partial charge on any atom is 0.256 e. The Labute approximate surface area is 141 Å². The molecule has 0 spiro atoms. The molecule has 2 aromatic heterocycles. The van der Waals surface area contributed by atoms with Crippen LogP contribution in [0.4, 0.5) is 5.69 Å². The molecule has 114 valence electrons. The van der Waals surface area contributed by atoms with Gasteiger partial charge in [-0.2, -0.15) is 10.5 Å². The van der Waals surface area contributed by atoms with Crippen molar-refractivity contribution in [2.75, 3.05) is 5.73 Å². The second-order valence-electron chi connectivity index (χ2n) is 4.36. The second kappa shape index (κ2) is 6.97. The van der Waals surface area contributed by atoms with Crippen LogP contribution in [-0.2, 0) is 0 Å². The zero-order chi connectivity index (χ0) is 17.0. The van der Waals surface area contributed by atoms with Crippen LogP contribution >= 0.6 is 22.9 Å². The number of benzene rings is 1. The molecule has 23 heavy (non-hydrogen) atoms. The summed E-state index contributed by atoms with van der Waals surface area (Å²) < 4.78 is 1.49. The van der Waals surface area contributed by atoms with Crippen LogP contribution in [0.3, 0.4) is 0 Å². The number of halogens is 1. The number of para-hydroxylation sites is 1. The number of nitrogen functional groups attached to an aromatic ring is 1. The molecule has 0 aliphatic rings. The number of thiophene rings is 1. The lowest BCUT2D eigenvalue weighted by Gasteiger charge is -2.08. The molecule has 0 atom stereocenters. The van der Waals surface area contributed by atoms with Crippen molar-refractivity contribution in [3.05, 3.63) is 56.7 Å². The molecular formula is C16H11ClN4OS. The van der Waals surface area contributed by atoms with Gasteiger partial charge in [-0.25, -0.2) is 0 Å². The largest absolute Gasteiger partial charge is 0.396 e. The fraction of sp³-hybridized carbons (Fsp3) is 0.0625. The first-order valence-electron chi connectivity index (χ1n) is 6.45. The van der Waals surface area contributed by atoms with Crippen LogP contribution < -0.4 is 11.3 Å². The standard InChI is InChI=1S/C14H8ClN3OS.C2H3N/c15-9-3-1-2-4-10(9)18-12(19)6-5-8-13(17)11(7-16)20-14(8)18;1-2-3/h1-6H,17H2;1H3. The van der Waals surface area contributed by atoms with Crippen LogP contribution in [0.2, 0.25) is 5.02 Å². The van der Waals surface area contributed by atoms with Gasteiger partial charge in [-0.05, 0) is 18.2 Å². The van der Waals surface area contributed by atoms with Crippen molar-refractivity contribution in [1.82, 2.24) is 4.57 Å². The second-order valence-corrected chi connectivity index (χ2v) is 5.76. The minimum atomic E-state index is -0.212. The summed E-state index contributed by atoms with van der Waals surface area (Å²) in [5, 5.41) is 17.5. The predicted molar refractivity (Wildman–Crippen MR) is 92.8 cm³/mol. The molecule has 0 radical (unpaired) electrons. The molecule has 0 unspecified atom stereocenters. The van der Waals surface area contributed by atoms with Gasteiger partial charge in [0.2, 0.25) is 0 Å². The van der Waals surface area contributed by atoms with E-state index in [0.717, 1.165) is 0 Å². The lowest BCUT2D eigenvalue weighted by molar-refractivity contribution is 1.06. The molecule has 0 aliphatic carbocycles. The monoisotopic (exact) mass is 342 g/mol.